The first kappa shape index (κ1) is 20.8. The van der Waals surface area contributed by atoms with E-state index in [4.69, 9.17) is 9.29 Å². The molecule has 1 amide bonds. The van der Waals surface area contributed by atoms with E-state index in [1.165, 1.54) is 27.7 Å². The van der Waals surface area contributed by atoms with Gasteiger partial charge in [-0.2, -0.15) is 8.42 Å². The predicted molar refractivity (Wildman–Crippen MR) is 79.7 cm³/mol. The maximum absolute atomic E-state index is 11.7. The van der Waals surface area contributed by atoms with Gasteiger partial charge in [0.1, 0.15) is 0 Å². The van der Waals surface area contributed by atoms with Crippen LogP contribution in [-0.2, 0) is 23.9 Å². The molecular formula is C13H25NO7S. The van der Waals surface area contributed by atoms with Crippen LogP contribution < -0.4 is 5.32 Å². The Morgan fingerprint density at radius 1 is 1.27 bits per heavy atom. The van der Waals surface area contributed by atoms with Crippen LogP contribution in [-0.4, -0.2) is 55.0 Å². The Morgan fingerprint density at radius 2 is 1.82 bits per heavy atom. The molecule has 0 saturated carbocycles. The Bertz CT molecular complexity index is 501. The lowest BCUT2D eigenvalue weighted by Gasteiger charge is -2.38. The van der Waals surface area contributed by atoms with E-state index in [2.05, 4.69) is 5.32 Å². The zero-order valence-electron chi connectivity index (χ0n) is 13.4. The number of carbonyl (C=O) groups is 2. The summed E-state index contributed by atoms with van der Waals surface area (Å²) < 4.78 is 28.3. The Balaban J connectivity index is 4.63. The topological polar surface area (TPSA) is 130 Å². The molecule has 130 valence electrons. The summed E-state index contributed by atoms with van der Waals surface area (Å²) in [5.41, 5.74) is -3.38. The molecule has 22 heavy (non-hydrogen) atoms. The summed E-state index contributed by atoms with van der Waals surface area (Å²) in [7, 11) is -3.86. The highest BCUT2D eigenvalue weighted by Gasteiger charge is 2.49. The van der Waals surface area contributed by atoms with Crippen LogP contribution >= 0.6 is 0 Å². The lowest BCUT2D eigenvalue weighted by Crippen LogP contribution is -2.53. The van der Waals surface area contributed by atoms with Crippen molar-refractivity contribution in [3.8, 4) is 0 Å². The minimum absolute atomic E-state index is 0.0821. The highest BCUT2D eigenvalue weighted by atomic mass is 32.2. The van der Waals surface area contributed by atoms with Crippen molar-refractivity contribution in [1.82, 2.24) is 5.32 Å². The van der Waals surface area contributed by atoms with Crippen molar-refractivity contribution in [3.63, 3.8) is 0 Å². The van der Waals surface area contributed by atoms with Crippen molar-refractivity contribution in [2.24, 2.45) is 5.41 Å². The molecule has 0 bridgehead atoms. The van der Waals surface area contributed by atoms with Crippen LogP contribution in [0, 0.1) is 5.41 Å². The van der Waals surface area contributed by atoms with Gasteiger partial charge in [-0.05, 0) is 12.8 Å². The number of hydrogen-bond donors (Lipinski definition) is 3. The fourth-order valence-electron chi connectivity index (χ4n) is 1.85. The fraction of sp³-hybridized carbons (Fsp3) is 0.846. The second-order valence-corrected chi connectivity index (χ2v) is 7.52. The van der Waals surface area contributed by atoms with E-state index < -0.39 is 33.7 Å². The average molecular weight is 339 g/mol. The van der Waals surface area contributed by atoms with Crippen LogP contribution in [0.2, 0.25) is 0 Å². The van der Waals surface area contributed by atoms with Gasteiger partial charge in [0.15, 0.2) is 5.60 Å². The van der Waals surface area contributed by atoms with Gasteiger partial charge in [-0.15, -0.1) is 0 Å². The molecule has 0 aliphatic heterocycles. The zero-order valence-corrected chi connectivity index (χ0v) is 14.2. The monoisotopic (exact) mass is 339 g/mol. The fourth-order valence-corrected chi connectivity index (χ4v) is 2.94. The van der Waals surface area contributed by atoms with Crippen LogP contribution in [0.15, 0.2) is 0 Å². The molecule has 0 aromatic carbocycles. The highest BCUT2D eigenvalue weighted by Crippen LogP contribution is 2.34. The highest BCUT2D eigenvalue weighted by molar-refractivity contribution is 7.86. The van der Waals surface area contributed by atoms with Crippen molar-refractivity contribution in [3.05, 3.63) is 0 Å². The minimum atomic E-state index is -3.86. The number of carboxylic acids is 1. The van der Waals surface area contributed by atoms with Crippen molar-refractivity contribution in [1.29, 1.82) is 0 Å². The average Bonchev–Trinajstić information content (AvgIpc) is 2.40. The molecule has 0 aromatic rings. The van der Waals surface area contributed by atoms with Gasteiger partial charge in [-0.1, -0.05) is 20.8 Å². The molecule has 8 nitrogen and oxygen atoms in total. The maximum atomic E-state index is 11.7. The Morgan fingerprint density at radius 3 is 2.23 bits per heavy atom. The summed E-state index contributed by atoms with van der Waals surface area (Å²) in [5.74, 6) is -1.98. The number of aliphatic hydroxyl groups is 1. The van der Waals surface area contributed by atoms with Gasteiger partial charge in [0, 0.05) is 18.9 Å². The SMILES string of the molecule is CC[C@](O)(C(=O)O)C(C)(C)COS(=O)(=O)CCCNC(C)=O. The summed E-state index contributed by atoms with van der Waals surface area (Å²) in [6.45, 7) is 5.43. The van der Waals surface area contributed by atoms with E-state index in [9.17, 15) is 23.1 Å². The zero-order chi connectivity index (χ0) is 17.6. The molecule has 0 aliphatic rings. The van der Waals surface area contributed by atoms with Crippen molar-refractivity contribution in [2.75, 3.05) is 18.9 Å². The second kappa shape index (κ2) is 7.89. The van der Waals surface area contributed by atoms with E-state index in [-0.39, 0.29) is 31.0 Å². The number of rotatable bonds is 10. The van der Waals surface area contributed by atoms with E-state index in [0.29, 0.717) is 0 Å². The van der Waals surface area contributed by atoms with Gasteiger partial charge in [-0.3, -0.25) is 8.98 Å². The van der Waals surface area contributed by atoms with Crippen LogP contribution in [0.25, 0.3) is 0 Å². The summed E-state index contributed by atoms with van der Waals surface area (Å²) >= 11 is 0. The third kappa shape index (κ3) is 5.90. The molecule has 9 heteroatoms. The molecule has 3 N–H and O–H groups in total. The smallest absolute Gasteiger partial charge is 0.336 e. The lowest BCUT2D eigenvalue weighted by molar-refractivity contribution is -0.176. The van der Waals surface area contributed by atoms with Gasteiger partial charge in [0.05, 0.1) is 12.4 Å². The molecule has 0 saturated heterocycles. The summed E-state index contributed by atoms with van der Waals surface area (Å²) in [6.07, 6.45) is 0.0978. The lowest BCUT2D eigenvalue weighted by atomic mass is 9.74. The predicted octanol–water partition coefficient (Wildman–Crippen LogP) is 0.111. The molecule has 0 radical (unpaired) electrons. The minimum Gasteiger partial charge on any atom is -0.479 e. The normalized spacial score (nSPS) is 15.1. The quantitative estimate of drug-likeness (QED) is 0.380. The number of nitrogens with one attached hydrogen (secondary N) is 1. The maximum Gasteiger partial charge on any atom is 0.336 e. The molecule has 0 aromatic heterocycles. The third-order valence-electron chi connectivity index (χ3n) is 3.53. The molecular weight excluding hydrogens is 314 g/mol. The molecule has 0 heterocycles. The van der Waals surface area contributed by atoms with E-state index in [1.54, 1.807) is 0 Å². The Hall–Kier alpha value is -1.19. The van der Waals surface area contributed by atoms with E-state index >= 15 is 0 Å². The summed E-state index contributed by atoms with van der Waals surface area (Å²) in [4.78, 5) is 21.9. The second-order valence-electron chi connectivity index (χ2n) is 5.76. The van der Waals surface area contributed by atoms with Crippen LogP contribution in [0.3, 0.4) is 0 Å². The summed E-state index contributed by atoms with van der Waals surface area (Å²) in [5, 5.41) is 21.8. The van der Waals surface area contributed by atoms with Gasteiger partial charge in [-0.25, -0.2) is 4.79 Å². The van der Waals surface area contributed by atoms with Gasteiger partial charge >= 0.3 is 5.97 Å². The largest absolute Gasteiger partial charge is 0.479 e. The molecule has 0 spiro atoms. The molecule has 0 aliphatic carbocycles. The number of hydrogen-bond acceptors (Lipinski definition) is 6. The standard InChI is InChI=1S/C13H25NO7S/c1-5-13(18,11(16)17)12(3,4)9-21-22(19,20)8-6-7-14-10(2)15/h18H,5-9H2,1-4H3,(H,14,15)(H,16,17)/t13-/m0/s1. The van der Waals surface area contributed by atoms with Gasteiger partial charge < -0.3 is 15.5 Å². The molecule has 0 unspecified atom stereocenters. The first-order valence-corrected chi connectivity index (χ1v) is 8.53. The third-order valence-corrected chi connectivity index (χ3v) is 4.80. The number of amides is 1. The van der Waals surface area contributed by atoms with Crippen LogP contribution in [0.5, 0.6) is 0 Å². The van der Waals surface area contributed by atoms with Crippen molar-refractivity contribution in [2.45, 2.75) is 46.1 Å². The molecule has 0 rings (SSSR count). The number of carbonyl (C=O) groups excluding carboxylic acids is 1. The van der Waals surface area contributed by atoms with Crippen molar-refractivity contribution < 1.29 is 32.4 Å². The van der Waals surface area contributed by atoms with Crippen LogP contribution in [0.1, 0.15) is 40.5 Å². The summed E-state index contributed by atoms with van der Waals surface area (Å²) in [6, 6.07) is 0. The first-order chi connectivity index (χ1) is 9.88. The Labute approximate surface area is 131 Å². The van der Waals surface area contributed by atoms with Crippen molar-refractivity contribution >= 4 is 22.0 Å². The van der Waals surface area contributed by atoms with Crippen LogP contribution in [0.4, 0.5) is 0 Å². The Kier molecular flexibility index (Phi) is 7.46. The van der Waals surface area contributed by atoms with E-state index in [0.717, 1.165) is 0 Å². The number of aliphatic carboxylic acids is 1. The van der Waals surface area contributed by atoms with Gasteiger partial charge in [0.2, 0.25) is 5.91 Å². The first-order valence-electron chi connectivity index (χ1n) is 6.95. The number of carboxylic acid groups (broad SMARTS) is 1. The van der Waals surface area contributed by atoms with Gasteiger partial charge in [0.25, 0.3) is 10.1 Å². The molecule has 1 atom stereocenters. The molecule has 0 fully saturated rings. The van der Waals surface area contributed by atoms with E-state index in [1.807, 2.05) is 0 Å².